The first-order chi connectivity index (χ1) is 6.43. The van der Waals surface area contributed by atoms with Gasteiger partial charge in [0.05, 0.1) is 0 Å². The Morgan fingerprint density at radius 1 is 1.43 bits per heavy atom. The molecule has 7 heteroatoms. The van der Waals surface area contributed by atoms with Crippen molar-refractivity contribution in [1.29, 1.82) is 0 Å². The maximum absolute atomic E-state index is 12.2. The highest BCUT2D eigenvalue weighted by Crippen LogP contribution is 2.29. The van der Waals surface area contributed by atoms with E-state index in [1.807, 2.05) is 0 Å². The highest BCUT2D eigenvalue weighted by atomic mass is 19.4. The third-order valence-electron chi connectivity index (χ3n) is 1.39. The molecule has 0 atom stereocenters. The molecule has 0 saturated carbocycles. The van der Waals surface area contributed by atoms with Crippen molar-refractivity contribution in [2.24, 2.45) is 0 Å². The van der Waals surface area contributed by atoms with Gasteiger partial charge in [0.1, 0.15) is 5.82 Å². The summed E-state index contributed by atoms with van der Waals surface area (Å²) in [4.78, 5) is 6.68. The van der Waals surface area contributed by atoms with Gasteiger partial charge in [-0.1, -0.05) is 0 Å². The minimum atomic E-state index is -4.50. The van der Waals surface area contributed by atoms with Crippen LogP contribution in [0.3, 0.4) is 0 Å². The molecule has 0 fully saturated rings. The van der Waals surface area contributed by atoms with Crippen LogP contribution in [0.5, 0.6) is 0 Å². The van der Waals surface area contributed by atoms with E-state index in [2.05, 4.69) is 15.3 Å². The van der Waals surface area contributed by atoms with Crippen LogP contribution < -0.4 is 11.1 Å². The van der Waals surface area contributed by atoms with Crippen molar-refractivity contribution >= 4 is 11.8 Å². The quantitative estimate of drug-likeness (QED) is 0.769. The number of nitrogens with zero attached hydrogens (tertiary/aromatic N) is 2. The average molecular weight is 206 g/mol. The van der Waals surface area contributed by atoms with E-state index in [4.69, 9.17) is 5.73 Å². The van der Waals surface area contributed by atoms with E-state index >= 15 is 0 Å². The van der Waals surface area contributed by atoms with Crippen molar-refractivity contribution in [2.75, 3.05) is 17.6 Å². The first-order valence-corrected chi connectivity index (χ1v) is 3.89. The molecule has 0 unspecified atom stereocenters. The summed E-state index contributed by atoms with van der Waals surface area (Å²) in [5.41, 5.74) is 4.08. The van der Waals surface area contributed by atoms with Crippen molar-refractivity contribution in [3.63, 3.8) is 0 Å². The molecule has 4 nitrogen and oxygen atoms in total. The summed E-state index contributed by atoms with van der Waals surface area (Å²) in [5.74, 6) is -0.317. The molecule has 1 heterocycles. The molecule has 0 spiro atoms. The monoisotopic (exact) mass is 206 g/mol. The summed E-state index contributed by atoms with van der Waals surface area (Å²) >= 11 is 0. The molecule has 1 aromatic rings. The molecule has 0 amide bonds. The molecule has 0 bridgehead atoms. The number of halogens is 3. The van der Waals surface area contributed by atoms with Gasteiger partial charge in [-0.2, -0.15) is 18.2 Å². The molecule has 0 aromatic carbocycles. The Hall–Kier alpha value is -1.53. The van der Waals surface area contributed by atoms with Gasteiger partial charge in [0, 0.05) is 12.6 Å². The van der Waals surface area contributed by atoms with Crippen molar-refractivity contribution < 1.29 is 13.2 Å². The van der Waals surface area contributed by atoms with Crippen molar-refractivity contribution in [1.82, 2.24) is 9.97 Å². The number of rotatable bonds is 2. The van der Waals surface area contributed by atoms with Gasteiger partial charge >= 0.3 is 6.18 Å². The standard InChI is InChI=1S/C7H9F3N4/c1-2-12-5-3-4(7(8,9)10)13-6(11)14-5/h3H,2H2,1H3,(H3,11,12,13,14). The van der Waals surface area contributed by atoms with Crippen LogP contribution in [0.1, 0.15) is 12.6 Å². The summed E-state index contributed by atoms with van der Waals surface area (Å²) in [6.45, 7) is 2.21. The van der Waals surface area contributed by atoms with E-state index in [0.29, 0.717) is 6.54 Å². The second-order valence-electron chi connectivity index (χ2n) is 2.52. The van der Waals surface area contributed by atoms with Crippen LogP contribution in [-0.4, -0.2) is 16.5 Å². The van der Waals surface area contributed by atoms with Gasteiger partial charge in [-0.3, -0.25) is 0 Å². The van der Waals surface area contributed by atoms with Crippen LogP contribution in [0.4, 0.5) is 24.9 Å². The average Bonchev–Trinajstić information content (AvgIpc) is 2.02. The Bertz CT molecular complexity index is 323. The van der Waals surface area contributed by atoms with Crippen molar-refractivity contribution in [3.8, 4) is 0 Å². The lowest BCUT2D eigenvalue weighted by atomic mass is 10.4. The molecule has 1 aromatic heterocycles. The van der Waals surface area contributed by atoms with Gasteiger partial charge < -0.3 is 11.1 Å². The Labute approximate surface area is 78.4 Å². The zero-order valence-electron chi connectivity index (χ0n) is 7.39. The Balaban J connectivity index is 3.07. The van der Waals surface area contributed by atoms with Gasteiger partial charge in [0.15, 0.2) is 5.69 Å². The zero-order valence-corrected chi connectivity index (χ0v) is 7.39. The van der Waals surface area contributed by atoms with Crippen LogP contribution in [0, 0.1) is 0 Å². The van der Waals surface area contributed by atoms with Gasteiger partial charge in [-0.15, -0.1) is 0 Å². The summed E-state index contributed by atoms with van der Waals surface area (Å²) in [7, 11) is 0. The lowest BCUT2D eigenvalue weighted by Crippen LogP contribution is -2.12. The Morgan fingerprint density at radius 3 is 2.57 bits per heavy atom. The van der Waals surface area contributed by atoms with Gasteiger partial charge in [-0.25, -0.2) is 4.98 Å². The molecule has 0 aliphatic carbocycles. The highest BCUT2D eigenvalue weighted by Gasteiger charge is 2.33. The number of nitrogens with two attached hydrogens (primary N) is 1. The predicted octanol–water partition coefficient (Wildman–Crippen LogP) is 1.51. The summed E-state index contributed by atoms with van der Waals surface area (Å²) in [5, 5.41) is 2.63. The third kappa shape index (κ3) is 2.48. The number of alkyl halides is 3. The molecule has 0 radical (unpaired) electrons. The Morgan fingerprint density at radius 2 is 2.07 bits per heavy atom. The fourth-order valence-corrected chi connectivity index (χ4v) is 0.883. The molecular weight excluding hydrogens is 197 g/mol. The smallest absolute Gasteiger partial charge is 0.370 e. The summed E-state index contributed by atoms with van der Waals surface area (Å²) in [6, 6.07) is 0.819. The molecule has 78 valence electrons. The van der Waals surface area contributed by atoms with Crippen LogP contribution in [0.25, 0.3) is 0 Å². The van der Waals surface area contributed by atoms with E-state index < -0.39 is 17.8 Å². The fourth-order valence-electron chi connectivity index (χ4n) is 0.883. The summed E-state index contributed by atoms with van der Waals surface area (Å²) in [6.07, 6.45) is -4.50. The molecule has 3 N–H and O–H groups in total. The minimum absolute atomic E-state index is 0.0762. The van der Waals surface area contributed by atoms with Gasteiger partial charge in [0.2, 0.25) is 5.95 Å². The van der Waals surface area contributed by atoms with Crippen molar-refractivity contribution in [3.05, 3.63) is 11.8 Å². The maximum Gasteiger partial charge on any atom is 0.433 e. The first kappa shape index (κ1) is 10.6. The van der Waals surface area contributed by atoms with E-state index in [9.17, 15) is 13.2 Å². The van der Waals surface area contributed by atoms with Crippen LogP contribution in [-0.2, 0) is 6.18 Å². The summed E-state index contributed by atoms with van der Waals surface area (Å²) < 4.78 is 36.6. The molecular formula is C7H9F3N4. The van der Waals surface area contributed by atoms with E-state index in [1.54, 1.807) is 6.92 Å². The van der Waals surface area contributed by atoms with Crippen molar-refractivity contribution in [2.45, 2.75) is 13.1 Å². The number of hydrogen-bond donors (Lipinski definition) is 2. The largest absolute Gasteiger partial charge is 0.433 e. The third-order valence-corrected chi connectivity index (χ3v) is 1.39. The SMILES string of the molecule is CCNc1cc(C(F)(F)F)nc(N)n1. The molecule has 1 rings (SSSR count). The predicted molar refractivity (Wildman–Crippen MR) is 45.6 cm³/mol. The van der Waals surface area contributed by atoms with Gasteiger partial charge in [-0.05, 0) is 6.92 Å². The number of aromatic nitrogens is 2. The molecule has 14 heavy (non-hydrogen) atoms. The van der Waals surface area contributed by atoms with Crippen LogP contribution >= 0.6 is 0 Å². The van der Waals surface area contributed by atoms with E-state index in [0.717, 1.165) is 6.07 Å². The molecule has 0 aliphatic heterocycles. The molecule has 0 aliphatic rings. The molecule has 0 saturated heterocycles. The number of hydrogen-bond acceptors (Lipinski definition) is 4. The zero-order chi connectivity index (χ0) is 10.8. The first-order valence-electron chi connectivity index (χ1n) is 3.89. The number of anilines is 2. The fraction of sp³-hybridized carbons (Fsp3) is 0.429. The lowest BCUT2D eigenvalue weighted by molar-refractivity contribution is -0.141. The minimum Gasteiger partial charge on any atom is -0.370 e. The van der Waals surface area contributed by atoms with E-state index in [1.165, 1.54) is 0 Å². The highest BCUT2D eigenvalue weighted by molar-refractivity contribution is 5.41. The van der Waals surface area contributed by atoms with E-state index in [-0.39, 0.29) is 5.82 Å². The lowest BCUT2D eigenvalue weighted by Gasteiger charge is -2.08. The normalized spacial score (nSPS) is 11.4. The second kappa shape index (κ2) is 3.69. The number of nitrogens with one attached hydrogen (secondary N) is 1. The topological polar surface area (TPSA) is 63.8 Å². The Kier molecular flexibility index (Phi) is 2.78. The van der Waals surface area contributed by atoms with Crippen LogP contribution in [0.15, 0.2) is 6.07 Å². The second-order valence-corrected chi connectivity index (χ2v) is 2.52. The maximum atomic E-state index is 12.2. The van der Waals surface area contributed by atoms with Gasteiger partial charge in [0.25, 0.3) is 0 Å². The van der Waals surface area contributed by atoms with Crippen LogP contribution in [0.2, 0.25) is 0 Å². The number of nitrogen functional groups attached to an aromatic ring is 1.